The Hall–Kier alpha value is -1.63. The Morgan fingerprint density at radius 1 is 1.09 bits per heavy atom. The van der Waals surface area contributed by atoms with Crippen LogP contribution < -0.4 is 4.90 Å². The topological polar surface area (TPSA) is 69.5 Å². The third kappa shape index (κ3) is 3.24. The number of benzene rings is 1. The van der Waals surface area contributed by atoms with E-state index in [1.54, 1.807) is 18.1 Å². The van der Waals surface area contributed by atoms with Crippen molar-refractivity contribution in [2.24, 2.45) is 5.41 Å². The second-order valence-corrected chi connectivity index (χ2v) is 6.66. The first-order valence-electron chi connectivity index (χ1n) is 7.20. The van der Waals surface area contributed by atoms with Crippen LogP contribution in [0.15, 0.2) is 47.8 Å². The summed E-state index contributed by atoms with van der Waals surface area (Å²) < 4.78 is 0. The van der Waals surface area contributed by atoms with Gasteiger partial charge in [-0.05, 0) is 5.56 Å². The summed E-state index contributed by atoms with van der Waals surface area (Å²) in [6.45, 7) is 1.25. The van der Waals surface area contributed by atoms with E-state index in [1.165, 1.54) is 5.56 Å². The zero-order valence-corrected chi connectivity index (χ0v) is 13.0. The van der Waals surface area contributed by atoms with Crippen molar-refractivity contribution in [2.45, 2.75) is 10.8 Å². The molecule has 0 bridgehead atoms. The standard InChI is InChI=1S/C16H19N3O2S/c20-10-16(11-21)8-19(9-16)14-6-15(18-12-17-14)22-7-13-4-2-1-3-5-13/h1-6,12,20-21H,7-11H2. The van der Waals surface area contributed by atoms with Crippen LogP contribution in [0.5, 0.6) is 0 Å². The van der Waals surface area contributed by atoms with Crippen molar-refractivity contribution < 1.29 is 10.2 Å². The van der Waals surface area contributed by atoms with Crippen molar-refractivity contribution in [1.82, 2.24) is 9.97 Å². The molecular formula is C16H19N3O2S. The van der Waals surface area contributed by atoms with Crippen LogP contribution in [-0.2, 0) is 5.75 Å². The smallest absolute Gasteiger partial charge is 0.133 e. The number of aliphatic hydroxyl groups excluding tert-OH is 2. The van der Waals surface area contributed by atoms with Crippen LogP contribution in [0.3, 0.4) is 0 Å². The summed E-state index contributed by atoms with van der Waals surface area (Å²) in [6.07, 6.45) is 1.57. The van der Waals surface area contributed by atoms with Gasteiger partial charge in [0, 0.05) is 24.9 Å². The van der Waals surface area contributed by atoms with Gasteiger partial charge >= 0.3 is 0 Å². The lowest BCUT2D eigenvalue weighted by atomic mass is 9.81. The second-order valence-electron chi connectivity index (χ2n) is 5.66. The molecule has 1 aromatic carbocycles. The number of aliphatic hydroxyl groups is 2. The molecule has 6 heteroatoms. The molecule has 0 unspecified atom stereocenters. The average Bonchev–Trinajstić information content (AvgIpc) is 2.54. The van der Waals surface area contributed by atoms with Crippen molar-refractivity contribution in [1.29, 1.82) is 0 Å². The minimum atomic E-state index is -0.387. The number of aromatic nitrogens is 2. The van der Waals surface area contributed by atoms with Crippen LogP contribution in [0, 0.1) is 5.41 Å². The monoisotopic (exact) mass is 317 g/mol. The Balaban J connectivity index is 1.62. The summed E-state index contributed by atoms with van der Waals surface area (Å²) in [6, 6.07) is 12.2. The lowest BCUT2D eigenvalue weighted by molar-refractivity contribution is 0.0302. The fourth-order valence-electron chi connectivity index (χ4n) is 2.49. The van der Waals surface area contributed by atoms with E-state index in [-0.39, 0.29) is 18.6 Å². The fourth-order valence-corrected chi connectivity index (χ4v) is 3.31. The molecule has 1 aromatic heterocycles. The van der Waals surface area contributed by atoms with Gasteiger partial charge in [-0.3, -0.25) is 0 Å². The summed E-state index contributed by atoms with van der Waals surface area (Å²) in [5.74, 6) is 1.72. The predicted molar refractivity (Wildman–Crippen MR) is 86.9 cm³/mol. The van der Waals surface area contributed by atoms with Crippen LogP contribution in [-0.4, -0.2) is 46.5 Å². The molecule has 0 amide bonds. The summed E-state index contributed by atoms with van der Waals surface area (Å²) in [7, 11) is 0. The molecule has 0 spiro atoms. The molecule has 116 valence electrons. The number of hydrogen-bond donors (Lipinski definition) is 2. The maximum absolute atomic E-state index is 9.34. The van der Waals surface area contributed by atoms with Gasteiger partial charge in [-0.1, -0.05) is 30.3 Å². The minimum absolute atomic E-state index is 0.000692. The van der Waals surface area contributed by atoms with Gasteiger partial charge in [0.05, 0.1) is 18.6 Å². The molecule has 0 radical (unpaired) electrons. The lowest BCUT2D eigenvalue weighted by Crippen LogP contribution is -2.60. The fraction of sp³-hybridized carbons (Fsp3) is 0.375. The molecule has 0 saturated carbocycles. The zero-order chi connectivity index (χ0) is 15.4. The number of nitrogens with zero attached hydrogens (tertiary/aromatic N) is 3. The van der Waals surface area contributed by atoms with E-state index in [4.69, 9.17) is 0 Å². The average molecular weight is 317 g/mol. The van der Waals surface area contributed by atoms with Crippen molar-refractivity contribution >= 4 is 17.6 Å². The molecule has 1 aliphatic rings. The van der Waals surface area contributed by atoms with Gasteiger partial charge in [0.2, 0.25) is 0 Å². The molecule has 1 fully saturated rings. The van der Waals surface area contributed by atoms with Crippen molar-refractivity contribution in [3.05, 3.63) is 48.3 Å². The second kappa shape index (κ2) is 6.64. The summed E-state index contributed by atoms with van der Waals surface area (Å²) in [4.78, 5) is 10.6. The Morgan fingerprint density at radius 2 is 1.82 bits per heavy atom. The minimum Gasteiger partial charge on any atom is -0.396 e. The Labute approximate surface area is 134 Å². The summed E-state index contributed by atoms with van der Waals surface area (Å²) >= 11 is 1.67. The van der Waals surface area contributed by atoms with E-state index in [0.717, 1.165) is 16.6 Å². The van der Waals surface area contributed by atoms with Gasteiger partial charge in [0.25, 0.3) is 0 Å². The molecule has 2 N–H and O–H groups in total. The van der Waals surface area contributed by atoms with Crippen molar-refractivity contribution in [2.75, 3.05) is 31.2 Å². The van der Waals surface area contributed by atoms with Gasteiger partial charge in [-0.2, -0.15) is 0 Å². The number of rotatable bonds is 6. The Kier molecular flexibility index (Phi) is 4.61. The van der Waals surface area contributed by atoms with E-state index >= 15 is 0 Å². The normalized spacial score (nSPS) is 16.4. The SMILES string of the molecule is OCC1(CO)CN(c2cc(SCc3ccccc3)ncn2)C1. The Morgan fingerprint density at radius 3 is 2.50 bits per heavy atom. The number of thioether (sulfide) groups is 1. The third-order valence-electron chi connectivity index (χ3n) is 3.90. The molecule has 22 heavy (non-hydrogen) atoms. The first kappa shape index (κ1) is 15.3. The van der Waals surface area contributed by atoms with Crippen LogP contribution in [0.1, 0.15) is 5.56 Å². The molecule has 5 nitrogen and oxygen atoms in total. The van der Waals surface area contributed by atoms with E-state index in [0.29, 0.717) is 13.1 Å². The van der Waals surface area contributed by atoms with Crippen LogP contribution in [0.25, 0.3) is 0 Å². The highest BCUT2D eigenvalue weighted by Crippen LogP contribution is 2.33. The van der Waals surface area contributed by atoms with Crippen LogP contribution in [0.2, 0.25) is 0 Å². The van der Waals surface area contributed by atoms with E-state index in [1.807, 2.05) is 24.3 Å². The molecule has 3 rings (SSSR count). The molecule has 2 aromatic rings. The van der Waals surface area contributed by atoms with Crippen LogP contribution >= 0.6 is 11.8 Å². The highest BCUT2D eigenvalue weighted by Gasteiger charge is 2.42. The summed E-state index contributed by atoms with van der Waals surface area (Å²) in [5.41, 5.74) is 0.874. The maximum Gasteiger partial charge on any atom is 0.133 e. The number of anilines is 1. The first-order chi connectivity index (χ1) is 10.7. The molecule has 0 atom stereocenters. The predicted octanol–water partition coefficient (Wildman–Crippen LogP) is 1.56. The molecule has 0 aliphatic carbocycles. The van der Waals surface area contributed by atoms with E-state index < -0.39 is 0 Å². The largest absolute Gasteiger partial charge is 0.396 e. The van der Waals surface area contributed by atoms with Gasteiger partial charge in [-0.25, -0.2) is 9.97 Å². The van der Waals surface area contributed by atoms with Crippen LogP contribution in [0.4, 0.5) is 5.82 Å². The van der Waals surface area contributed by atoms with Gasteiger partial charge < -0.3 is 15.1 Å². The van der Waals surface area contributed by atoms with Gasteiger partial charge in [-0.15, -0.1) is 11.8 Å². The molecule has 2 heterocycles. The molecule has 1 aliphatic heterocycles. The van der Waals surface area contributed by atoms with Crippen molar-refractivity contribution in [3.8, 4) is 0 Å². The molecule has 1 saturated heterocycles. The molecular weight excluding hydrogens is 298 g/mol. The highest BCUT2D eigenvalue weighted by atomic mass is 32.2. The van der Waals surface area contributed by atoms with Crippen molar-refractivity contribution in [3.63, 3.8) is 0 Å². The zero-order valence-electron chi connectivity index (χ0n) is 12.2. The van der Waals surface area contributed by atoms with E-state index in [2.05, 4.69) is 27.0 Å². The lowest BCUT2D eigenvalue weighted by Gasteiger charge is -2.48. The highest BCUT2D eigenvalue weighted by molar-refractivity contribution is 7.98. The van der Waals surface area contributed by atoms with Gasteiger partial charge in [0.15, 0.2) is 0 Å². The quantitative estimate of drug-likeness (QED) is 0.622. The first-order valence-corrected chi connectivity index (χ1v) is 8.19. The Bertz CT molecular complexity index is 612. The summed E-state index contributed by atoms with van der Waals surface area (Å²) in [5, 5.41) is 19.6. The third-order valence-corrected chi connectivity index (χ3v) is 4.90. The maximum atomic E-state index is 9.34. The number of hydrogen-bond acceptors (Lipinski definition) is 6. The van der Waals surface area contributed by atoms with E-state index in [9.17, 15) is 10.2 Å². The van der Waals surface area contributed by atoms with Gasteiger partial charge in [0.1, 0.15) is 17.2 Å².